The quantitative estimate of drug-likeness (QED) is 0.911. The normalized spacial score (nSPS) is 26.0. The van der Waals surface area contributed by atoms with Gasteiger partial charge in [0.05, 0.1) is 6.42 Å². The van der Waals surface area contributed by atoms with Gasteiger partial charge >= 0.3 is 0 Å². The second-order valence-electron chi connectivity index (χ2n) is 6.47. The molecule has 3 nitrogen and oxygen atoms in total. The molecule has 0 aromatic heterocycles. The number of carbonyl (C=O) groups excluding carboxylic acids is 1. The van der Waals surface area contributed by atoms with E-state index in [4.69, 9.17) is 11.6 Å². The first-order valence-corrected chi connectivity index (χ1v) is 8.28. The minimum Gasteiger partial charge on any atom is -0.342 e. The van der Waals surface area contributed by atoms with Gasteiger partial charge in [0.25, 0.3) is 0 Å². The largest absolute Gasteiger partial charge is 0.342 e. The number of likely N-dealkylation sites (tertiary alicyclic amines) is 1. The number of piperidine rings is 2. The molecule has 3 rings (SSSR count). The lowest BCUT2D eigenvalue weighted by molar-refractivity contribution is -0.134. The van der Waals surface area contributed by atoms with Gasteiger partial charge in [-0.2, -0.15) is 0 Å². The Morgan fingerprint density at radius 2 is 2.10 bits per heavy atom. The van der Waals surface area contributed by atoms with Crippen LogP contribution in [-0.2, 0) is 11.2 Å². The molecule has 0 bridgehead atoms. The number of carbonyl (C=O) groups is 1. The maximum Gasteiger partial charge on any atom is 0.227 e. The number of hydrogen-bond donors (Lipinski definition) is 1. The summed E-state index contributed by atoms with van der Waals surface area (Å²) in [5.74, 6) is 0.216. The molecule has 2 heterocycles. The van der Waals surface area contributed by atoms with Gasteiger partial charge in [-0.1, -0.05) is 29.8 Å². The highest BCUT2D eigenvalue weighted by Gasteiger charge is 2.37. The summed E-state index contributed by atoms with van der Waals surface area (Å²) in [7, 11) is 0. The first-order valence-electron chi connectivity index (χ1n) is 7.90. The molecule has 1 unspecified atom stereocenters. The molecule has 1 amide bonds. The SMILES string of the molecule is O=C(Cc1ccccc1Cl)N1CCCC2(CCCNC2)C1. The lowest BCUT2D eigenvalue weighted by Crippen LogP contribution is -2.52. The average molecular weight is 307 g/mol. The van der Waals surface area contributed by atoms with Crippen LogP contribution in [0.15, 0.2) is 24.3 Å². The Kier molecular flexibility index (Phi) is 4.51. The van der Waals surface area contributed by atoms with Crippen LogP contribution in [0.1, 0.15) is 31.2 Å². The molecule has 1 N–H and O–H groups in total. The summed E-state index contributed by atoms with van der Waals surface area (Å²) in [6.45, 7) is 3.98. The van der Waals surface area contributed by atoms with Crippen LogP contribution < -0.4 is 5.32 Å². The predicted molar refractivity (Wildman–Crippen MR) is 85.5 cm³/mol. The Bertz CT molecular complexity index is 506. The maximum atomic E-state index is 12.6. The molecular formula is C17H23ClN2O. The van der Waals surface area contributed by atoms with E-state index in [9.17, 15) is 4.79 Å². The maximum absolute atomic E-state index is 12.6. The summed E-state index contributed by atoms with van der Waals surface area (Å²) in [6.07, 6.45) is 5.26. The predicted octanol–water partition coefficient (Wildman–Crippen LogP) is 2.87. The van der Waals surface area contributed by atoms with Crippen LogP contribution in [0.25, 0.3) is 0 Å². The van der Waals surface area contributed by atoms with Gasteiger partial charge in [0.1, 0.15) is 0 Å². The zero-order chi connectivity index (χ0) is 14.7. The second kappa shape index (κ2) is 6.37. The highest BCUT2D eigenvalue weighted by molar-refractivity contribution is 6.31. The van der Waals surface area contributed by atoms with E-state index >= 15 is 0 Å². The monoisotopic (exact) mass is 306 g/mol. The van der Waals surface area contributed by atoms with Gasteiger partial charge in [-0.05, 0) is 43.9 Å². The third-order valence-corrected chi connectivity index (χ3v) is 5.24. The van der Waals surface area contributed by atoms with Crippen molar-refractivity contribution in [2.45, 2.75) is 32.1 Å². The van der Waals surface area contributed by atoms with E-state index in [1.807, 2.05) is 24.3 Å². The van der Waals surface area contributed by atoms with Crippen molar-refractivity contribution in [2.75, 3.05) is 26.2 Å². The molecule has 21 heavy (non-hydrogen) atoms. The van der Waals surface area contributed by atoms with E-state index < -0.39 is 0 Å². The number of benzene rings is 1. The van der Waals surface area contributed by atoms with Gasteiger partial charge in [-0.15, -0.1) is 0 Å². The number of hydrogen-bond acceptors (Lipinski definition) is 2. The van der Waals surface area contributed by atoms with E-state index in [0.717, 1.165) is 38.2 Å². The number of nitrogens with one attached hydrogen (secondary N) is 1. The lowest BCUT2D eigenvalue weighted by Gasteiger charge is -2.45. The van der Waals surface area contributed by atoms with Crippen LogP contribution in [0.5, 0.6) is 0 Å². The van der Waals surface area contributed by atoms with Crippen molar-refractivity contribution in [2.24, 2.45) is 5.41 Å². The second-order valence-corrected chi connectivity index (χ2v) is 6.87. The Labute approximate surface area is 131 Å². The Morgan fingerprint density at radius 3 is 2.86 bits per heavy atom. The molecule has 2 aliphatic rings. The molecule has 0 aliphatic carbocycles. The van der Waals surface area contributed by atoms with E-state index in [2.05, 4.69) is 10.2 Å². The average Bonchev–Trinajstić information content (AvgIpc) is 2.50. The summed E-state index contributed by atoms with van der Waals surface area (Å²) >= 11 is 6.17. The van der Waals surface area contributed by atoms with Crippen molar-refractivity contribution in [1.82, 2.24) is 10.2 Å². The minimum atomic E-state index is 0.216. The van der Waals surface area contributed by atoms with E-state index in [-0.39, 0.29) is 5.91 Å². The van der Waals surface area contributed by atoms with Crippen molar-refractivity contribution in [3.63, 3.8) is 0 Å². The summed E-state index contributed by atoms with van der Waals surface area (Å²) < 4.78 is 0. The van der Waals surface area contributed by atoms with Gasteiger partial charge in [-0.3, -0.25) is 4.79 Å². The third kappa shape index (κ3) is 3.41. The van der Waals surface area contributed by atoms with Gasteiger partial charge < -0.3 is 10.2 Å². The van der Waals surface area contributed by atoms with Crippen molar-refractivity contribution in [3.05, 3.63) is 34.9 Å². The van der Waals surface area contributed by atoms with Gasteiger partial charge in [0, 0.05) is 30.1 Å². The molecule has 2 fully saturated rings. The molecule has 1 aromatic rings. The van der Waals surface area contributed by atoms with Gasteiger partial charge in [0.15, 0.2) is 0 Å². The standard InChI is InChI=1S/C17H23ClN2O/c18-15-6-2-1-5-14(15)11-16(21)20-10-4-8-17(13-20)7-3-9-19-12-17/h1-2,5-6,19H,3-4,7-13H2. The number of nitrogens with zero attached hydrogens (tertiary/aromatic N) is 1. The van der Waals surface area contributed by atoms with Crippen LogP contribution in [0.3, 0.4) is 0 Å². The first-order chi connectivity index (χ1) is 10.2. The Morgan fingerprint density at radius 1 is 1.29 bits per heavy atom. The third-order valence-electron chi connectivity index (χ3n) is 4.87. The van der Waals surface area contributed by atoms with Crippen LogP contribution in [0, 0.1) is 5.41 Å². The van der Waals surface area contributed by atoms with Crippen LogP contribution in [0.4, 0.5) is 0 Å². The van der Waals surface area contributed by atoms with Gasteiger partial charge in [0.2, 0.25) is 5.91 Å². The fraction of sp³-hybridized carbons (Fsp3) is 0.588. The van der Waals surface area contributed by atoms with E-state index in [1.54, 1.807) is 0 Å². The molecule has 2 saturated heterocycles. The Hall–Kier alpha value is -1.06. The summed E-state index contributed by atoms with van der Waals surface area (Å²) in [5.41, 5.74) is 1.25. The Balaban J connectivity index is 1.66. The molecule has 4 heteroatoms. The fourth-order valence-electron chi connectivity index (χ4n) is 3.72. The van der Waals surface area contributed by atoms with Gasteiger partial charge in [-0.25, -0.2) is 0 Å². The van der Waals surface area contributed by atoms with Crippen LogP contribution >= 0.6 is 11.6 Å². The lowest BCUT2D eigenvalue weighted by atomic mass is 9.74. The summed E-state index contributed by atoms with van der Waals surface area (Å²) in [6, 6.07) is 7.65. The van der Waals surface area contributed by atoms with Crippen molar-refractivity contribution >= 4 is 17.5 Å². The molecule has 114 valence electrons. The molecule has 1 spiro atoms. The van der Waals surface area contributed by atoms with Crippen molar-refractivity contribution < 1.29 is 4.79 Å². The molecular weight excluding hydrogens is 284 g/mol. The zero-order valence-corrected chi connectivity index (χ0v) is 13.2. The molecule has 0 saturated carbocycles. The van der Waals surface area contributed by atoms with Crippen LogP contribution in [0.2, 0.25) is 5.02 Å². The zero-order valence-electron chi connectivity index (χ0n) is 12.4. The number of halogens is 1. The van der Waals surface area contributed by atoms with E-state index in [1.165, 1.54) is 19.3 Å². The summed E-state index contributed by atoms with van der Waals surface area (Å²) in [5, 5.41) is 4.20. The minimum absolute atomic E-state index is 0.216. The highest BCUT2D eigenvalue weighted by atomic mass is 35.5. The van der Waals surface area contributed by atoms with E-state index in [0.29, 0.717) is 16.9 Å². The fourth-order valence-corrected chi connectivity index (χ4v) is 3.92. The molecule has 0 radical (unpaired) electrons. The highest BCUT2D eigenvalue weighted by Crippen LogP contribution is 2.36. The molecule has 2 aliphatic heterocycles. The van der Waals surface area contributed by atoms with Crippen molar-refractivity contribution in [3.8, 4) is 0 Å². The molecule has 1 aromatic carbocycles. The molecule has 1 atom stereocenters. The smallest absolute Gasteiger partial charge is 0.227 e. The summed E-state index contributed by atoms with van der Waals surface area (Å²) in [4.78, 5) is 14.6. The first kappa shape index (κ1) is 14.9. The topological polar surface area (TPSA) is 32.3 Å². The number of rotatable bonds is 2. The van der Waals surface area contributed by atoms with Crippen molar-refractivity contribution in [1.29, 1.82) is 0 Å². The van der Waals surface area contributed by atoms with Crippen LogP contribution in [-0.4, -0.2) is 37.0 Å². The number of amides is 1.